The van der Waals surface area contributed by atoms with Crippen molar-refractivity contribution < 1.29 is 14.1 Å². The van der Waals surface area contributed by atoms with Gasteiger partial charge in [0, 0.05) is 22.7 Å². The van der Waals surface area contributed by atoms with Crippen LogP contribution in [0.25, 0.3) is 17.4 Å². The summed E-state index contributed by atoms with van der Waals surface area (Å²) in [4.78, 5) is 11.8. The molecule has 24 heavy (non-hydrogen) atoms. The van der Waals surface area contributed by atoms with Gasteiger partial charge in [-0.2, -0.15) is 0 Å². The Labute approximate surface area is 144 Å². The van der Waals surface area contributed by atoms with Gasteiger partial charge in [0.2, 0.25) is 0 Å². The minimum atomic E-state index is -0.473. The van der Waals surface area contributed by atoms with Gasteiger partial charge in [0.15, 0.2) is 5.76 Å². The average Bonchev–Trinajstić information content (AvgIpc) is 3.09. The summed E-state index contributed by atoms with van der Waals surface area (Å²) in [6.45, 7) is 0.0437. The van der Waals surface area contributed by atoms with Gasteiger partial charge in [0.05, 0.1) is 0 Å². The normalized spacial score (nSPS) is 10.9. The SMILES string of the molecule is O=C(/C=C/c1ccccc1Cl)OCc1cc(-c2ccccc2)on1. The third-order valence-electron chi connectivity index (χ3n) is 3.28. The summed E-state index contributed by atoms with van der Waals surface area (Å²) in [6, 6.07) is 18.6. The maximum Gasteiger partial charge on any atom is 0.331 e. The highest BCUT2D eigenvalue weighted by Crippen LogP contribution is 2.20. The number of carbonyl (C=O) groups excluding carboxylic acids is 1. The van der Waals surface area contributed by atoms with Crippen molar-refractivity contribution in [3.05, 3.63) is 83.0 Å². The van der Waals surface area contributed by atoms with E-state index in [-0.39, 0.29) is 6.61 Å². The molecule has 1 heterocycles. The molecule has 0 radical (unpaired) electrons. The molecule has 0 unspecified atom stereocenters. The summed E-state index contributed by atoms with van der Waals surface area (Å²) in [5.41, 5.74) is 2.22. The van der Waals surface area contributed by atoms with Gasteiger partial charge < -0.3 is 9.26 Å². The van der Waals surface area contributed by atoms with Gasteiger partial charge in [-0.05, 0) is 17.7 Å². The van der Waals surface area contributed by atoms with Crippen LogP contribution in [0.1, 0.15) is 11.3 Å². The summed E-state index contributed by atoms with van der Waals surface area (Å²) in [5, 5.41) is 4.47. The summed E-state index contributed by atoms with van der Waals surface area (Å²) >= 11 is 6.02. The predicted molar refractivity (Wildman–Crippen MR) is 92.2 cm³/mol. The van der Waals surface area contributed by atoms with Crippen molar-refractivity contribution >= 4 is 23.6 Å². The van der Waals surface area contributed by atoms with Gasteiger partial charge >= 0.3 is 5.97 Å². The van der Waals surface area contributed by atoms with Gasteiger partial charge in [0.1, 0.15) is 12.3 Å². The smallest absolute Gasteiger partial charge is 0.331 e. The van der Waals surface area contributed by atoms with E-state index in [1.165, 1.54) is 6.08 Å². The molecule has 0 aliphatic rings. The molecule has 120 valence electrons. The number of aromatic nitrogens is 1. The van der Waals surface area contributed by atoms with Gasteiger partial charge in [0.25, 0.3) is 0 Å². The molecular weight excluding hydrogens is 326 g/mol. The average molecular weight is 340 g/mol. The second kappa shape index (κ2) is 7.62. The van der Waals surface area contributed by atoms with E-state index in [2.05, 4.69) is 5.16 Å². The van der Waals surface area contributed by atoms with E-state index >= 15 is 0 Å². The first-order valence-electron chi connectivity index (χ1n) is 7.33. The highest BCUT2D eigenvalue weighted by atomic mass is 35.5. The number of nitrogens with zero attached hydrogens (tertiary/aromatic N) is 1. The highest BCUT2D eigenvalue weighted by Gasteiger charge is 2.08. The number of rotatable bonds is 5. The fourth-order valence-corrected chi connectivity index (χ4v) is 2.28. The van der Waals surface area contributed by atoms with Crippen molar-refractivity contribution in [3.63, 3.8) is 0 Å². The Morgan fingerprint density at radius 2 is 1.88 bits per heavy atom. The molecular formula is C19H14ClNO3. The standard InChI is InChI=1S/C19H14ClNO3/c20-17-9-5-4-6-14(17)10-11-19(22)23-13-16-12-18(24-21-16)15-7-2-1-3-8-15/h1-12H,13H2/b11-10+. The second-order valence-corrected chi connectivity index (χ2v) is 5.42. The maximum absolute atomic E-state index is 11.8. The van der Waals surface area contributed by atoms with Crippen LogP contribution in [-0.4, -0.2) is 11.1 Å². The predicted octanol–water partition coefficient (Wildman–Crippen LogP) is 4.75. The number of benzene rings is 2. The summed E-state index contributed by atoms with van der Waals surface area (Å²) in [7, 11) is 0. The lowest BCUT2D eigenvalue weighted by atomic mass is 10.2. The van der Waals surface area contributed by atoms with Gasteiger partial charge in [-0.15, -0.1) is 0 Å². The van der Waals surface area contributed by atoms with Crippen LogP contribution in [0.3, 0.4) is 0 Å². The number of esters is 1. The minimum absolute atomic E-state index is 0.0437. The Morgan fingerprint density at radius 3 is 2.67 bits per heavy atom. The van der Waals surface area contributed by atoms with Crippen molar-refractivity contribution in [1.29, 1.82) is 0 Å². The molecule has 0 aliphatic heterocycles. The number of halogens is 1. The Balaban J connectivity index is 1.57. The van der Waals surface area contributed by atoms with E-state index in [9.17, 15) is 4.79 Å². The summed E-state index contributed by atoms with van der Waals surface area (Å²) in [5.74, 6) is 0.160. The van der Waals surface area contributed by atoms with Gasteiger partial charge in [-0.3, -0.25) is 0 Å². The zero-order chi connectivity index (χ0) is 16.8. The van der Waals surface area contributed by atoms with Gasteiger partial charge in [-0.1, -0.05) is 65.3 Å². The molecule has 0 aliphatic carbocycles. The van der Waals surface area contributed by atoms with Crippen LogP contribution in [0.4, 0.5) is 0 Å². The molecule has 4 nitrogen and oxygen atoms in total. The van der Waals surface area contributed by atoms with E-state index in [1.807, 2.05) is 48.5 Å². The van der Waals surface area contributed by atoms with Crippen molar-refractivity contribution in [3.8, 4) is 11.3 Å². The molecule has 0 fully saturated rings. The second-order valence-electron chi connectivity index (χ2n) is 5.01. The van der Waals surface area contributed by atoms with Crippen LogP contribution in [0, 0.1) is 0 Å². The van der Waals surface area contributed by atoms with E-state index in [4.69, 9.17) is 20.9 Å². The fourth-order valence-electron chi connectivity index (χ4n) is 2.08. The van der Waals surface area contributed by atoms with E-state index in [0.717, 1.165) is 11.1 Å². The molecule has 3 rings (SSSR count). The molecule has 1 aromatic heterocycles. The molecule has 0 amide bonds. The van der Waals surface area contributed by atoms with Crippen LogP contribution in [0.5, 0.6) is 0 Å². The first-order valence-corrected chi connectivity index (χ1v) is 7.70. The molecule has 2 aromatic carbocycles. The zero-order valence-corrected chi connectivity index (χ0v) is 13.4. The van der Waals surface area contributed by atoms with Gasteiger partial charge in [-0.25, -0.2) is 4.79 Å². The molecule has 0 saturated heterocycles. The Morgan fingerprint density at radius 1 is 1.12 bits per heavy atom. The number of carbonyl (C=O) groups is 1. The third kappa shape index (κ3) is 4.12. The summed E-state index contributed by atoms with van der Waals surface area (Å²) < 4.78 is 10.4. The minimum Gasteiger partial charge on any atom is -0.456 e. The summed E-state index contributed by atoms with van der Waals surface area (Å²) in [6.07, 6.45) is 2.95. The van der Waals surface area contributed by atoms with Crippen LogP contribution >= 0.6 is 11.6 Å². The topological polar surface area (TPSA) is 52.3 Å². The molecule has 0 bridgehead atoms. The van der Waals surface area contributed by atoms with E-state index < -0.39 is 5.97 Å². The van der Waals surface area contributed by atoms with Crippen molar-refractivity contribution in [2.45, 2.75) is 6.61 Å². The van der Waals surface area contributed by atoms with Crippen molar-refractivity contribution in [1.82, 2.24) is 5.16 Å². The number of ether oxygens (including phenoxy) is 1. The number of hydrogen-bond donors (Lipinski definition) is 0. The van der Waals surface area contributed by atoms with Crippen LogP contribution in [0.2, 0.25) is 5.02 Å². The van der Waals surface area contributed by atoms with Crippen LogP contribution < -0.4 is 0 Å². The van der Waals surface area contributed by atoms with Crippen LogP contribution in [-0.2, 0) is 16.1 Å². The van der Waals surface area contributed by atoms with E-state index in [0.29, 0.717) is 16.5 Å². The lowest BCUT2D eigenvalue weighted by molar-refractivity contribution is -0.139. The monoisotopic (exact) mass is 339 g/mol. The molecule has 0 spiro atoms. The highest BCUT2D eigenvalue weighted by molar-refractivity contribution is 6.32. The maximum atomic E-state index is 11.8. The van der Waals surface area contributed by atoms with E-state index in [1.54, 1.807) is 18.2 Å². The molecule has 0 atom stereocenters. The van der Waals surface area contributed by atoms with Crippen molar-refractivity contribution in [2.24, 2.45) is 0 Å². The largest absolute Gasteiger partial charge is 0.456 e. The molecule has 0 saturated carbocycles. The fraction of sp³-hybridized carbons (Fsp3) is 0.0526. The Bertz CT molecular complexity index is 856. The van der Waals surface area contributed by atoms with Crippen molar-refractivity contribution in [2.75, 3.05) is 0 Å². The number of hydrogen-bond acceptors (Lipinski definition) is 4. The molecule has 3 aromatic rings. The Kier molecular flexibility index (Phi) is 5.08. The first-order chi connectivity index (χ1) is 11.7. The zero-order valence-electron chi connectivity index (χ0n) is 12.7. The third-order valence-corrected chi connectivity index (χ3v) is 3.63. The lowest BCUT2D eigenvalue weighted by Crippen LogP contribution is -2.00. The molecule has 5 heteroatoms. The first kappa shape index (κ1) is 16.0. The lowest BCUT2D eigenvalue weighted by Gasteiger charge is -1.98. The molecule has 0 N–H and O–H groups in total. The Hall–Kier alpha value is -2.85. The van der Waals surface area contributed by atoms with Crippen LogP contribution in [0.15, 0.2) is 71.3 Å². The quantitative estimate of drug-likeness (QED) is 0.497.